The molecule has 2 aromatic heterocycles. The lowest BCUT2D eigenvalue weighted by Gasteiger charge is -2.16. The van der Waals surface area contributed by atoms with Crippen molar-refractivity contribution in [3.05, 3.63) is 87.6 Å². The number of benzene rings is 2. The number of nitrogens with zero attached hydrogens (tertiary/aromatic N) is 6. The van der Waals surface area contributed by atoms with Crippen LogP contribution in [-0.4, -0.2) is 56.5 Å². The van der Waals surface area contributed by atoms with E-state index in [9.17, 15) is 28.0 Å². The molecule has 0 atom stereocenters. The van der Waals surface area contributed by atoms with E-state index in [1.165, 1.54) is 18.3 Å². The maximum absolute atomic E-state index is 13.8. The number of nitrogens with one attached hydrogen (secondary N) is 1. The molecule has 1 amide bonds. The monoisotopic (exact) mass is 565 g/mol. The lowest BCUT2D eigenvalue weighted by molar-refractivity contribution is -0.137. The number of alkyl halides is 3. The summed E-state index contributed by atoms with van der Waals surface area (Å²) in [5, 5.41) is 16.7. The number of aromatic nitrogens is 4. The topological polar surface area (TPSA) is 101 Å². The van der Waals surface area contributed by atoms with Gasteiger partial charge < -0.3 is 10.2 Å². The number of amides is 1. The van der Waals surface area contributed by atoms with Gasteiger partial charge in [-0.05, 0) is 89.3 Å². The summed E-state index contributed by atoms with van der Waals surface area (Å²) < 4.78 is 44.1. The molecule has 9 nitrogen and oxygen atoms in total. The molecule has 1 N–H and O–H groups in total. The van der Waals surface area contributed by atoms with Gasteiger partial charge in [0.05, 0.1) is 46.2 Å². The zero-order valence-corrected chi connectivity index (χ0v) is 23.3. The third kappa shape index (κ3) is 5.95. The summed E-state index contributed by atoms with van der Waals surface area (Å²) in [6, 6.07) is 12.3. The molecular formula is C29H30F3N7O2. The van der Waals surface area contributed by atoms with Crippen LogP contribution in [0, 0.1) is 18.3 Å². The van der Waals surface area contributed by atoms with Crippen LogP contribution in [0.25, 0.3) is 22.8 Å². The van der Waals surface area contributed by atoms with Crippen LogP contribution in [0.4, 0.5) is 18.0 Å². The number of carbonyl (C=O) groups is 1. The first-order valence-electron chi connectivity index (χ1n) is 12.9. The highest BCUT2D eigenvalue weighted by atomic mass is 19.4. The summed E-state index contributed by atoms with van der Waals surface area (Å²) in [5.74, 6) is 0. The molecule has 12 heteroatoms. The van der Waals surface area contributed by atoms with Crippen LogP contribution in [0.15, 0.2) is 59.5 Å². The minimum absolute atomic E-state index is 0.0317. The van der Waals surface area contributed by atoms with Gasteiger partial charge in [0.15, 0.2) is 0 Å². The second-order valence-electron chi connectivity index (χ2n) is 10.2. The zero-order chi connectivity index (χ0) is 30.1. The Kier molecular flexibility index (Phi) is 8.21. The highest BCUT2D eigenvalue weighted by Gasteiger charge is 2.32. The van der Waals surface area contributed by atoms with Crippen molar-refractivity contribution in [1.82, 2.24) is 29.1 Å². The van der Waals surface area contributed by atoms with Crippen LogP contribution in [0.2, 0.25) is 0 Å². The molecule has 0 aliphatic heterocycles. The van der Waals surface area contributed by atoms with E-state index in [1.54, 1.807) is 49.7 Å². The highest BCUT2D eigenvalue weighted by Crippen LogP contribution is 2.32. The van der Waals surface area contributed by atoms with Gasteiger partial charge in [0.25, 0.3) is 0 Å². The molecule has 0 bridgehead atoms. The van der Waals surface area contributed by atoms with Crippen molar-refractivity contribution in [3.63, 3.8) is 0 Å². The SMILES string of the molecule is Cc1c(-c2ccnn2-c2ccc(C#N)cc2CCN(C)C)n(C(=O)NC(C)C)c(=O)n1-c1cccc(C(F)(F)F)c1. The van der Waals surface area contributed by atoms with Crippen molar-refractivity contribution in [2.75, 3.05) is 20.6 Å². The predicted molar refractivity (Wildman–Crippen MR) is 148 cm³/mol. The Balaban J connectivity index is 1.99. The first-order valence-corrected chi connectivity index (χ1v) is 12.9. The quantitative estimate of drug-likeness (QED) is 0.348. The van der Waals surface area contributed by atoms with E-state index < -0.39 is 23.5 Å². The first kappa shape index (κ1) is 29.4. The molecule has 0 fully saturated rings. The second-order valence-corrected chi connectivity index (χ2v) is 10.2. The smallest absolute Gasteiger partial charge is 0.335 e. The molecule has 0 unspecified atom stereocenters. The van der Waals surface area contributed by atoms with Gasteiger partial charge in [-0.2, -0.15) is 23.5 Å². The van der Waals surface area contributed by atoms with Crippen LogP contribution >= 0.6 is 0 Å². The van der Waals surface area contributed by atoms with Crippen LogP contribution in [-0.2, 0) is 12.6 Å². The van der Waals surface area contributed by atoms with E-state index in [4.69, 9.17) is 0 Å². The van der Waals surface area contributed by atoms with Gasteiger partial charge in [-0.25, -0.2) is 18.8 Å². The van der Waals surface area contributed by atoms with Crippen molar-refractivity contribution < 1.29 is 18.0 Å². The number of hydrogen-bond acceptors (Lipinski definition) is 5. The summed E-state index contributed by atoms with van der Waals surface area (Å²) in [5.41, 5.74) is 0.945. The molecule has 0 radical (unpaired) electrons. The van der Waals surface area contributed by atoms with Gasteiger partial charge in [-0.3, -0.25) is 4.57 Å². The molecule has 0 aliphatic carbocycles. The Morgan fingerprint density at radius 3 is 2.51 bits per heavy atom. The molecule has 2 heterocycles. The van der Waals surface area contributed by atoms with Gasteiger partial charge in [0.1, 0.15) is 5.69 Å². The number of halogens is 3. The van der Waals surface area contributed by atoms with Gasteiger partial charge in [0.2, 0.25) is 0 Å². The highest BCUT2D eigenvalue weighted by molar-refractivity contribution is 5.83. The van der Waals surface area contributed by atoms with Crippen molar-refractivity contribution in [2.45, 2.75) is 39.4 Å². The number of nitriles is 1. The van der Waals surface area contributed by atoms with Crippen molar-refractivity contribution in [1.29, 1.82) is 5.26 Å². The number of imidazole rings is 1. The van der Waals surface area contributed by atoms with Crippen LogP contribution < -0.4 is 11.0 Å². The number of carbonyl (C=O) groups excluding carboxylic acids is 1. The Bertz CT molecular complexity index is 1690. The molecule has 0 spiro atoms. The normalized spacial score (nSPS) is 11.7. The molecule has 2 aromatic carbocycles. The van der Waals surface area contributed by atoms with E-state index in [2.05, 4.69) is 16.5 Å². The summed E-state index contributed by atoms with van der Waals surface area (Å²) in [7, 11) is 3.86. The van der Waals surface area contributed by atoms with Crippen molar-refractivity contribution in [3.8, 4) is 28.8 Å². The summed E-state index contributed by atoms with van der Waals surface area (Å²) in [6.07, 6.45) is -2.52. The molecule has 4 rings (SSSR count). The van der Waals surface area contributed by atoms with Gasteiger partial charge >= 0.3 is 17.9 Å². The average Bonchev–Trinajstić information content (AvgIpc) is 3.47. The van der Waals surface area contributed by atoms with Crippen LogP contribution in [0.5, 0.6) is 0 Å². The largest absolute Gasteiger partial charge is 0.416 e. The zero-order valence-electron chi connectivity index (χ0n) is 23.3. The summed E-state index contributed by atoms with van der Waals surface area (Å²) in [4.78, 5) is 29.2. The average molecular weight is 566 g/mol. The number of rotatable bonds is 7. The lowest BCUT2D eigenvalue weighted by atomic mass is 10.1. The Morgan fingerprint density at radius 2 is 1.88 bits per heavy atom. The van der Waals surface area contributed by atoms with Gasteiger partial charge in [0, 0.05) is 12.6 Å². The maximum Gasteiger partial charge on any atom is 0.416 e. The summed E-state index contributed by atoms with van der Waals surface area (Å²) >= 11 is 0. The van der Waals surface area contributed by atoms with E-state index in [1.807, 2.05) is 19.0 Å². The van der Waals surface area contributed by atoms with Gasteiger partial charge in [-0.15, -0.1) is 0 Å². The number of likely N-dealkylation sites (N-methyl/N-ethyl adjacent to an activating group) is 1. The van der Waals surface area contributed by atoms with E-state index in [-0.39, 0.29) is 23.1 Å². The maximum atomic E-state index is 13.8. The third-order valence-corrected chi connectivity index (χ3v) is 6.48. The molecular weight excluding hydrogens is 535 g/mol. The predicted octanol–water partition coefficient (Wildman–Crippen LogP) is 4.76. The van der Waals surface area contributed by atoms with Gasteiger partial charge in [-0.1, -0.05) is 6.07 Å². The fraction of sp³-hybridized carbons (Fsp3) is 0.310. The Morgan fingerprint density at radius 1 is 1.15 bits per heavy atom. The third-order valence-electron chi connectivity index (χ3n) is 6.48. The van der Waals surface area contributed by atoms with Crippen molar-refractivity contribution in [2.24, 2.45) is 0 Å². The van der Waals surface area contributed by atoms with Crippen LogP contribution in [0.3, 0.4) is 0 Å². The second kappa shape index (κ2) is 11.5. The fourth-order valence-corrected chi connectivity index (χ4v) is 4.61. The molecule has 214 valence electrons. The Hall–Kier alpha value is -4.63. The standard InChI is InChI=1S/C29H30F3N7O2/c1-18(2)35-27(40)38-26(19(3)37(28(38)41)23-8-6-7-22(16-23)29(30,31)32)25-11-13-34-39(25)24-10-9-20(17-33)15-21(24)12-14-36(4)5/h6-11,13,15-16,18H,12,14H2,1-5H3,(H,35,40). The van der Waals surface area contributed by atoms with E-state index >= 15 is 0 Å². The van der Waals surface area contributed by atoms with Crippen molar-refractivity contribution >= 4 is 6.03 Å². The fourth-order valence-electron chi connectivity index (χ4n) is 4.61. The minimum atomic E-state index is -4.62. The molecule has 0 saturated carbocycles. The summed E-state index contributed by atoms with van der Waals surface area (Å²) in [6.45, 7) is 5.72. The lowest BCUT2D eigenvalue weighted by Crippen LogP contribution is -2.40. The molecule has 0 aliphatic rings. The first-order chi connectivity index (χ1) is 19.3. The van der Waals surface area contributed by atoms with E-state index in [0.717, 1.165) is 26.8 Å². The van der Waals surface area contributed by atoms with Crippen LogP contribution in [0.1, 0.15) is 36.2 Å². The number of hydrogen-bond donors (Lipinski definition) is 1. The molecule has 4 aromatic rings. The molecule has 41 heavy (non-hydrogen) atoms. The van der Waals surface area contributed by atoms with E-state index in [0.29, 0.717) is 29.9 Å². The molecule has 0 saturated heterocycles. The Labute approximate surface area is 235 Å². The minimum Gasteiger partial charge on any atom is -0.335 e.